The van der Waals surface area contributed by atoms with Gasteiger partial charge in [-0.2, -0.15) is 0 Å². The van der Waals surface area contributed by atoms with Crippen molar-refractivity contribution in [2.45, 2.75) is 33.6 Å². The molecule has 2 amide bonds. The summed E-state index contributed by atoms with van der Waals surface area (Å²) >= 11 is 0. The third-order valence-corrected chi connectivity index (χ3v) is 4.36. The molecule has 0 radical (unpaired) electrons. The van der Waals surface area contributed by atoms with Crippen LogP contribution < -0.4 is 20.1 Å². The molecule has 2 N–H and O–H groups in total. The smallest absolute Gasteiger partial charge is 0.229 e. The van der Waals surface area contributed by atoms with E-state index in [1.807, 2.05) is 39.0 Å². The number of amides is 2. The van der Waals surface area contributed by atoms with E-state index < -0.39 is 5.41 Å². The lowest BCUT2D eigenvalue weighted by Crippen LogP contribution is -2.27. The van der Waals surface area contributed by atoms with Crippen molar-refractivity contribution in [3.63, 3.8) is 0 Å². The van der Waals surface area contributed by atoms with Gasteiger partial charge in [0.05, 0.1) is 0 Å². The van der Waals surface area contributed by atoms with E-state index in [1.165, 1.54) is 0 Å². The normalized spacial score (nSPS) is 13.0. The van der Waals surface area contributed by atoms with E-state index in [0.29, 0.717) is 37.4 Å². The fourth-order valence-electron chi connectivity index (χ4n) is 2.68. The standard InChI is InChI=1S/C22H26N2O4/c1-22(2,3)21(26)24-17-8-6-16(7-9-17)23-20(25)11-5-15-4-10-18-19(14-15)28-13-12-27-18/h4,6-10,14H,5,11-13H2,1-3H3,(H,23,25)(H,24,26). The molecule has 0 fully saturated rings. The minimum Gasteiger partial charge on any atom is -0.486 e. The number of aryl methyl sites for hydroxylation is 1. The van der Waals surface area contributed by atoms with E-state index in [-0.39, 0.29) is 11.8 Å². The van der Waals surface area contributed by atoms with E-state index in [0.717, 1.165) is 17.1 Å². The molecule has 0 aliphatic carbocycles. The van der Waals surface area contributed by atoms with Gasteiger partial charge in [0.25, 0.3) is 0 Å². The molecule has 0 saturated carbocycles. The van der Waals surface area contributed by atoms with E-state index in [9.17, 15) is 9.59 Å². The fourth-order valence-corrected chi connectivity index (χ4v) is 2.68. The van der Waals surface area contributed by atoms with Crippen LogP contribution in [0.25, 0.3) is 0 Å². The fraction of sp³-hybridized carbons (Fsp3) is 0.364. The number of nitrogens with one attached hydrogen (secondary N) is 2. The zero-order valence-corrected chi connectivity index (χ0v) is 16.5. The highest BCUT2D eigenvalue weighted by Crippen LogP contribution is 2.31. The molecule has 0 atom stereocenters. The van der Waals surface area contributed by atoms with E-state index in [4.69, 9.17) is 9.47 Å². The van der Waals surface area contributed by atoms with Crippen molar-refractivity contribution in [3.05, 3.63) is 48.0 Å². The monoisotopic (exact) mass is 382 g/mol. The number of hydrogen-bond donors (Lipinski definition) is 2. The van der Waals surface area contributed by atoms with Crippen molar-refractivity contribution in [3.8, 4) is 11.5 Å². The summed E-state index contributed by atoms with van der Waals surface area (Å²) in [7, 11) is 0. The third kappa shape index (κ3) is 5.25. The molecule has 0 spiro atoms. The second kappa shape index (κ2) is 8.33. The number of carbonyl (C=O) groups excluding carboxylic acids is 2. The van der Waals surface area contributed by atoms with Gasteiger partial charge in [-0.15, -0.1) is 0 Å². The van der Waals surface area contributed by atoms with E-state index in [1.54, 1.807) is 24.3 Å². The molecule has 6 heteroatoms. The zero-order valence-electron chi connectivity index (χ0n) is 16.5. The second-order valence-electron chi connectivity index (χ2n) is 7.81. The number of rotatable bonds is 5. The van der Waals surface area contributed by atoms with Gasteiger partial charge in [-0.1, -0.05) is 26.8 Å². The molecule has 1 heterocycles. The van der Waals surface area contributed by atoms with Crippen LogP contribution in [0.1, 0.15) is 32.8 Å². The Bertz CT molecular complexity index is 854. The number of ether oxygens (including phenoxy) is 2. The average molecular weight is 382 g/mol. The molecule has 2 aromatic rings. The van der Waals surface area contributed by atoms with Crippen molar-refractivity contribution in [1.29, 1.82) is 0 Å². The minimum atomic E-state index is -0.458. The summed E-state index contributed by atoms with van der Waals surface area (Å²) in [5.74, 6) is 1.36. The van der Waals surface area contributed by atoms with Crippen LogP contribution in [0.4, 0.5) is 11.4 Å². The maximum absolute atomic E-state index is 12.2. The van der Waals surface area contributed by atoms with Crippen LogP contribution in [0.3, 0.4) is 0 Å². The lowest BCUT2D eigenvalue weighted by atomic mass is 9.95. The maximum atomic E-state index is 12.2. The Morgan fingerprint density at radius 2 is 1.50 bits per heavy atom. The Morgan fingerprint density at radius 3 is 2.14 bits per heavy atom. The first-order valence-electron chi connectivity index (χ1n) is 9.41. The maximum Gasteiger partial charge on any atom is 0.229 e. The van der Waals surface area contributed by atoms with Gasteiger partial charge in [0.2, 0.25) is 11.8 Å². The van der Waals surface area contributed by atoms with E-state index in [2.05, 4.69) is 10.6 Å². The lowest BCUT2D eigenvalue weighted by molar-refractivity contribution is -0.123. The highest BCUT2D eigenvalue weighted by Gasteiger charge is 2.21. The molecule has 6 nitrogen and oxygen atoms in total. The van der Waals surface area contributed by atoms with Gasteiger partial charge in [-0.05, 0) is 48.4 Å². The summed E-state index contributed by atoms with van der Waals surface area (Å²) < 4.78 is 11.1. The molecular formula is C22H26N2O4. The predicted octanol–water partition coefficient (Wildman–Crippen LogP) is 4.01. The van der Waals surface area contributed by atoms with Crippen LogP contribution in [0.5, 0.6) is 11.5 Å². The van der Waals surface area contributed by atoms with Gasteiger partial charge in [-0.25, -0.2) is 0 Å². The number of carbonyl (C=O) groups is 2. The summed E-state index contributed by atoms with van der Waals surface area (Å²) in [5.41, 5.74) is 1.97. The molecule has 1 aliphatic heterocycles. The van der Waals surface area contributed by atoms with Crippen molar-refractivity contribution in [2.75, 3.05) is 23.8 Å². The van der Waals surface area contributed by atoms with Gasteiger partial charge in [0.15, 0.2) is 11.5 Å². The van der Waals surface area contributed by atoms with Gasteiger partial charge < -0.3 is 20.1 Å². The zero-order chi connectivity index (χ0) is 20.1. The SMILES string of the molecule is CC(C)(C)C(=O)Nc1ccc(NC(=O)CCc2ccc3c(c2)OCCO3)cc1. The first-order chi connectivity index (χ1) is 13.3. The number of benzene rings is 2. The molecule has 0 bridgehead atoms. The molecule has 2 aromatic carbocycles. The molecular weight excluding hydrogens is 356 g/mol. The first-order valence-corrected chi connectivity index (χ1v) is 9.41. The Kier molecular flexibility index (Phi) is 5.87. The minimum absolute atomic E-state index is 0.0521. The summed E-state index contributed by atoms with van der Waals surface area (Å²) in [5, 5.41) is 5.74. The van der Waals surface area contributed by atoms with Crippen LogP contribution in [0.2, 0.25) is 0 Å². The Hall–Kier alpha value is -3.02. The van der Waals surface area contributed by atoms with Gasteiger partial charge in [0, 0.05) is 23.2 Å². The van der Waals surface area contributed by atoms with Gasteiger partial charge >= 0.3 is 0 Å². The Morgan fingerprint density at radius 1 is 0.893 bits per heavy atom. The van der Waals surface area contributed by atoms with Crippen LogP contribution in [-0.2, 0) is 16.0 Å². The summed E-state index contributed by atoms with van der Waals surface area (Å²) in [6.45, 7) is 6.69. The first kappa shape index (κ1) is 19.7. The molecule has 0 saturated heterocycles. The molecule has 3 rings (SSSR count). The van der Waals surface area contributed by atoms with Crippen molar-refractivity contribution in [1.82, 2.24) is 0 Å². The van der Waals surface area contributed by atoms with Crippen molar-refractivity contribution in [2.24, 2.45) is 5.41 Å². The van der Waals surface area contributed by atoms with Gasteiger partial charge in [-0.3, -0.25) is 9.59 Å². The van der Waals surface area contributed by atoms with Crippen LogP contribution >= 0.6 is 0 Å². The third-order valence-electron chi connectivity index (χ3n) is 4.36. The average Bonchev–Trinajstić information content (AvgIpc) is 2.67. The summed E-state index contributed by atoms with van der Waals surface area (Å²) in [4.78, 5) is 24.2. The Labute approximate surface area is 165 Å². The number of fused-ring (bicyclic) bond motifs is 1. The van der Waals surface area contributed by atoms with Crippen LogP contribution in [0, 0.1) is 5.41 Å². The predicted molar refractivity (Wildman–Crippen MR) is 109 cm³/mol. The van der Waals surface area contributed by atoms with Crippen molar-refractivity contribution < 1.29 is 19.1 Å². The second-order valence-corrected chi connectivity index (χ2v) is 7.81. The lowest BCUT2D eigenvalue weighted by Gasteiger charge is -2.18. The molecule has 148 valence electrons. The summed E-state index contributed by atoms with van der Waals surface area (Å²) in [6, 6.07) is 12.9. The number of hydrogen-bond acceptors (Lipinski definition) is 4. The molecule has 1 aliphatic rings. The van der Waals surface area contributed by atoms with Crippen LogP contribution in [-0.4, -0.2) is 25.0 Å². The van der Waals surface area contributed by atoms with Gasteiger partial charge in [0.1, 0.15) is 13.2 Å². The molecule has 0 aromatic heterocycles. The van der Waals surface area contributed by atoms with Crippen LogP contribution in [0.15, 0.2) is 42.5 Å². The quantitative estimate of drug-likeness (QED) is 0.819. The highest BCUT2D eigenvalue weighted by atomic mass is 16.6. The number of anilines is 2. The topological polar surface area (TPSA) is 76.7 Å². The molecule has 28 heavy (non-hydrogen) atoms. The molecule has 0 unspecified atom stereocenters. The highest BCUT2D eigenvalue weighted by molar-refractivity contribution is 5.95. The van der Waals surface area contributed by atoms with Crippen molar-refractivity contribution >= 4 is 23.2 Å². The van der Waals surface area contributed by atoms with E-state index >= 15 is 0 Å². The Balaban J connectivity index is 1.50. The summed E-state index contributed by atoms with van der Waals surface area (Å²) in [6.07, 6.45) is 0.977. The largest absolute Gasteiger partial charge is 0.486 e.